The van der Waals surface area contributed by atoms with Crippen LogP contribution in [0.25, 0.3) is 0 Å². The average Bonchev–Trinajstić information content (AvgIpc) is 2.71. The molecule has 0 bridgehead atoms. The van der Waals surface area contributed by atoms with Crippen molar-refractivity contribution in [1.29, 1.82) is 0 Å². The lowest BCUT2D eigenvalue weighted by molar-refractivity contribution is 0.0692. The predicted octanol–water partition coefficient (Wildman–Crippen LogP) is 4.14. The van der Waals surface area contributed by atoms with Crippen LogP contribution < -0.4 is 5.32 Å². The van der Waals surface area contributed by atoms with E-state index in [1.165, 1.54) is 11.6 Å². The summed E-state index contributed by atoms with van der Waals surface area (Å²) in [7, 11) is 0. The second kappa shape index (κ2) is 5.21. The minimum atomic E-state index is -1.15. The van der Waals surface area contributed by atoms with Crippen LogP contribution in [-0.4, -0.2) is 16.1 Å². The van der Waals surface area contributed by atoms with Gasteiger partial charge >= 0.3 is 5.97 Å². The Hall–Kier alpha value is -1.18. The number of halogens is 3. The summed E-state index contributed by atoms with van der Waals surface area (Å²) in [5.74, 6) is -1.63. The molecule has 0 aliphatic carbocycles. The van der Waals surface area contributed by atoms with Crippen LogP contribution in [0.15, 0.2) is 22.1 Å². The molecular weight excluding hydrogens is 347 g/mol. The van der Waals surface area contributed by atoms with Gasteiger partial charge in [0.2, 0.25) is 0 Å². The molecule has 0 saturated heterocycles. The number of hydrogen-bond acceptors (Lipinski definition) is 4. The Labute approximate surface area is 119 Å². The van der Waals surface area contributed by atoms with Gasteiger partial charge < -0.3 is 10.4 Å². The Morgan fingerprint density at radius 1 is 1.56 bits per heavy atom. The summed E-state index contributed by atoms with van der Waals surface area (Å²) in [6.07, 6.45) is 0. The number of rotatable bonds is 3. The maximum atomic E-state index is 13.0. The molecule has 1 aromatic heterocycles. The lowest BCUT2D eigenvalue weighted by Crippen LogP contribution is -2.01. The number of nitrogens with zero attached hydrogens (tertiary/aromatic N) is 1. The van der Waals surface area contributed by atoms with Gasteiger partial charge in [0.1, 0.15) is 10.8 Å². The summed E-state index contributed by atoms with van der Waals surface area (Å²) in [4.78, 5) is 14.6. The molecule has 8 heteroatoms. The van der Waals surface area contributed by atoms with Crippen LogP contribution in [0, 0.1) is 5.82 Å². The molecule has 2 N–H and O–H groups in total. The number of nitrogens with one attached hydrogen (secondary N) is 1. The molecule has 0 spiro atoms. The Morgan fingerprint density at radius 2 is 2.28 bits per heavy atom. The van der Waals surface area contributed by atoms with E-state index in [1.807, 2.05) is 0 Å². The molecule has 2 aromatic rings. The molecule has 0 aliphatic heterocycles. The first kappa shape index (κ1) is 13.3. The van der Waals surface area contributed by atoms with Crippen molar-refractivity contribution >= 4 is 55.5 Å². The Bertz CT molecular complexity index is 597. The number of carboxylic acids is 1. The molecule has 2 rings (SSSR count). The molecule has 0 unspecified atom stereocenters. The van der Waals surface area contributed by atoms with E-state index in [0.717, 1.165) is 17.4 Å². The zero-order valence-corrected chi connectivity index (χ0v) is 11.7. The van der Waals surface area contributed by atoms with E-state index >= 15 is 0 Å². The van der Waals surface area contributed by atoms with Crippen LogP contribution >= 0.6 is 38.9 Å². The lowest BCUT2D eigenvalue weighted by Gasteiger charge is -2.09. The van der Waals surface area contributed by atoms with E-state index in [1.54, 1.807) is 0 Å². The molecule has 0 saturated carbocycles. The van der Waals surface area contributed by atoms with Crippen LogP contribution in [-0.2, 0) is 0 Å². The van der Waals surface area contributed by atoms with Gasteiger partial charge in [0.25, 0.3) is 0 Å². The third-order valence-electron chi connectivity index (χ3n) is 2.02. The molecule has 4 nitrogen and oxygen atoms in total. The number of thiazole rings is 1. The predicted molar refractivity (Wildman–Crippen MR) is 71.5 cm³/mol. The van der Waals surface area contributed by atoms with Crippen LogP contribution in [0.2, 0.25) is 5.02 Å². The van der Waals surface area contributed by atoms with E-state index in [2.05, 4.69) is 26.2 Å². The van der Waals surface area contributed by atoms with Gasteiger partial charge in [0.05, 0.1) is 16.2 Å². The third kappa shape index (κ3) is 2.63. The normalized spacial score (nSPS) is 10.4. The largest absolute Gasteiger partial charge is 0.476 e. The van der Waals surface area contributed by atoms with Gasteiger partial charge in [-0.1, -0.05) is 11.6 Å². The van der Waals surface area contributed by atoms with Crippen molar-refractivity contribution in [3.63, 3.8) is 0 Å². The third-order valence-corrected chi connectivity index (χ3v) is 3.68. The SMILES string of the molecule is O=C(O)c1ncsc1Nc1c(Cl)cc(F)cc1Br. The van der Waals surface area contributed by atoms with Gasteiger partial charge in [0, 0.05) is 4.47 Å². The Balaban J connectivity index is 2.40. The molecule has 18 heavy (non-hydrogen) atoms. The first-order chi connectivity index (χ1) is 8.49. The van der Waals surface area contributed by atoms with Crippen molar-refractivity contribution in [3.05, 3.63) is 38.6 Å². The summed E-state index contributed by atoms with van der Waals surface area (Å²) >= 11 is 10.2. The molecule has 1 heterocycles. The summed E-state index contributed by atoms with van der Waals surface area (Å²) in [5.41, 5.74) is 1.69. The van der Waals surface area contributed by atoms with Crippen molar-refractivity contribution in [2.24, 2.45) is 0 Å². The highest BCUT2D eigenvalue weighted by molar-refractivity contribution is 9.10. The molecule has 0 atom stereocenters. The van der Waals surface area contributed by atoms with Crippen LogP contribution in [0.5, 0.6) is 0 Å². The molecule has 1 aromatic carbocycles. The van der Waals surface area contributed by atoms with E-state index in [0.29, 0.717) is 15.2 Å². The first-order valence-corrected chi connectivity index (χ1v) is 6.62. The van der Waals surface area contributed by atoms with E-state index in [9.17, 15) is 9.18 Å². The molecule has 94 valence electrons. The quantitative estimate of drug-likeness (QED) is 0.872. The monoisotopic (exact) mass is 350 g/mol. The number of hydrogen-bond donors (Lipinski definition) is 2. The minimum Gasteiger partial charge on any atom is -0.476 e. The van der Waals surface area contributed by atoms with Gasteiger partial charge in [-0.15, -0.1) is 11.3 Å². The first-order valence-electron chi connectivity index (χ1n) is 4.57. The summed E-state index contributed by atoms with van der Waals surface area (Å²) in [6, 6.07) is 2.37. The summed E-state index contributed by atoms with van der Waals surface area (Å²) < 4.78 is 13.4. The Kier molecular flexibility index (Phi) is 3.84. The zero-order chi connectivity index (χ0) is 13.3. The highest BCUT2D eigenvalue weighted by Crippen LogP contribution is 2.36. The Morgan fingerprint density at radius 3 is 2.89 bits per heavy atom. The van der Waals surface area contributed by atoms with Gasteiger partial charge in [-0.05, 0) is 28.1 Å². The van der Waals surface area contributed by atoms with Crippen LogP contribution in [0.1, 0.15) is 10.5 Å². The maximum absolute atomic E-state index is 13.0. The van der Waals surface area contributed by atoms with Crippen molar-refractivity contribution in [3.8, 4) is 0 Å². The highest BCUT2D eigenvalue weighted by atomic mass is 79.9. The fourth-order valence-corrected chi connectivity index (χ4v) is 2.84. The fourth-order valence-electron chi connectivity index (χ4n) is 1.26. The summed E-state index contributed by atoms with van der Waals surface area (Å²) in [5, 5.41) is 12.2. The van der Waals surface area contributed by atoms with Gasteiger partial charge in [-0.25, -0.2) is 14.2 Å². The van der Waals surface area contributed by atoms with Crippen molar-refractivity contribution in [2.75, 3.05) is 5.32 Å². The second-order valence-electron chi connectivity index (χ2n) is 3.20. The molecule has 0 fully saturated rings. The smallest absolute Gasteiger partial charge is 0.357 e. The average molecular weight is 352 g/mol. The van der Waals surface area contributed by atoms with Crippen LogP contribution in [0.3, 0.4) is 0 Å². The molecule has 0 amide bonds. The second-order valence-corrected chi connectivity index (χ2v) is 5.32. The zero-order valence-electron chi connectivity index (χ0n) is 8.58. The van der Waals surface area contributed by atoms with Gasteiger partial charge in [0.15, 0.2) is 5.69 Å². The van der Waals surface area contributed by atoms with Crippen molar-refractivity contribution in [2.45, 2.75) is 0 Å². The van der Waals surface area contributed by atoms with Crippen LogP contribution in [0.4, 0.5) is 15.1 Å². The van der Waals surface area contributed by atoms with E-state index in [4.69, 9.17) is 16.7 Å². The fraction of sp³-hybridized carbons (Fsp3) is 0. The molecule has 0 radical (unpaired) electrons. The maximum Gasteiger partial charge on any atom is 0.357 e. The molecule has 0 aliphatic rings. The lowest BCUT2D eigenvalue weighted by atomic mass is 10.3. The van der Waals surface area contributed by atoms with Gasteiger partial charge in [-0.3, -0.25) is 0 Å². The number of anilines is 2. The van der Waals surface area contributed by atoms with Gasteiger partial charge in [-0.2, -0.15) is 0 Å². The number of aromatic carboxylic acids is 1. The highest BCUT2D eigenvalue weighted by Gasteiger charge is 2.16. The number of carboxylic acid groups (broad SMARTS) is 1. The molecular formula is C10H5BrClFN2O2S. The number of carbonyl (C=O) groups is 1. The minimum absolute atomic E-state index is 0.104. The van der Waals surface area contributed by atoms with E-state index < -0.39 is 11.8 Å². The summed E-state index contributed by atoms with van der Waals surface area (Å²) in [6.45, 7) is 0. The standard InChI is InChI=1S/C10H5BrClFN2O2S/c11-5-1-4(13)2-6(12)7(5)15-9-8(10(16)17)14-3-18-9/h1-3,15H,(H,16,17). The van der Waals surface area contributed by atoms with Crippen molar-refractivity contribution in [1.82, 2.24) is 4.98 Å². The number of aromatic nitrogens is 1. The number of benzene rings is 1. The van der Waals surface area contributed by atoms with Crippen molar-refractivity contribution < 1.29 is 14.3 Å². The van der Waals surface area contributed by atoms with E-state index in [-0.39, 0.29) is 10.7 Å². The topological polar surface area (TPSA) is 62.2 Å².